The third-order valence-electron chi connectivity index (χ3n) is 1.96. The fourth-order valence-corrected chi connectivity index (χ4v) is 1.35. The van der Waals surface area contributed by atoms with Crippen molar-refractivity contribution in [2.45, 2.75) is 13.0 Å². The summed E-state index contributed by atoms with van der Waals surface area (Å²) in [7, 11) is 3.00. The highest BCUT2D eigenvalue weighted by atomic mass is 19.1. The molecule has 78 valence electrons. The monoisotopic (exact) mass is 199 g/mol. The van der Waals surface area contributed by atoms with Gasteiger partial charge in [0.25, 0.3) is 0 Å². The van der Waals surface area contributed by atoms with Gasteiger partial charge in [-0.05, 0) is 19.1 Å². The molecule has 1 unspecified atom stereocenters. The van der Waals surface area contributed by atoms with Crippen molar-refractivity contribution in [3.63, 3.8) is 0 Å². The first-order valence-electron chi connectivity index (χ1n) is 4.31. The van der Waals surface area contributed by atoms with Crippen molar-refractivity contribution in [2.75, 3.05) is 14.2 Å². The van der Waals surface area contributed by atoms with Gasteiger partial charge in [0.05, 0.1) is 20.3 Å². The van der Waals surface area contributed by atoms with Crippen LogP contribution >= 0.6 is 0 Å². The van der Waals surface area contributed by atoms with Crippen molar-refractivity contribution >= 4 is 0 Å². The van der Waals surface area contributed by atoms with E-state index in [-0.39, 0.29) is 11.9 Å². The first-order chi connectivity index (χ1) is 6.70. The Balaban J connectivity index is 3.03. The summed E-state index contributed by atoms with van der Waals surface area (Å²) < 4.78 is 18.5. The molecule has 0 saturated carbocycles. The van der Waals surface area contributed by atoms with Gasteiger partial charge in [0.15, 0.2) is 0 Å². The Morgan fingerprint density at radius 3 is 2.64 bits per heavy atom. The average molecular weight is 199 g/mol. The van der Waals surface area contributed by atoms with Crippen molar-refractivity contribution in [1.82, 2.24) is 5.48 Å². The van der Waals surface area contributed by atoms with E-state index in [0.29, 0.717) is 11.3 Å². The molecule has 0 aromatic heterocycles. The highest BCUT2D eigenvalue weighted by Gasteiger charge is 2.15. The Morgan fingerprint density at radius 2 is 2.07 bits per heavy atom. The van der Waals surface area contributed by atoms with Crippen molar-refractivity contribution in [3.05, 3.63) is 29.6 Å². The van der Waals surface area contributed by atoms with Gasteiger partial charge >= 0.3 is 0 Å². The third-order valence-corrected chi connectivity index (χ3v) is 1.96. The lowest BCUT2D eigenvalue weighted by Crippen LogP contribution is -2.18. The molecule has 1 atom stereocenters. The van der Waals surface area contributed by atoms with E-state index in [1.165, 1.54) is 20.3 Å². The number of benzene rings is 1. The number of hydrogen-bond donors (Lipinski definition) is 1. The van der Waals surface area contributed by atoms with Crippen LogP contribution in [0.25, 0.3) is 0 Å². The average Bonchev–Trinajstić information content (AvgIpc) is 2.17. The van der Waals surface area contributed by atoms with Gasteiger partial charge in [-0.2, -0.15) is 5.48 Å². The number of hydroxylamine groups is 1. The highest BCUT2D eigenvalue weighted by molar-refractivity contribution is 5.36. The van der Waals surface area contributed by atoms with E-state index < -0.39 is 0 Å². The maximum absolute atomic E-state index is 13.4. The zero-order chi connectivity index (χ0) is 10.6. The maximum atomic E-state index is 13.4. The lowest BCUT2D eigenvalue weighted by Gasteiger charge is -2.16. The molecule has 0 spiro atoms. The van der Waals surface area contributed by atoms with Crippen molar-refractivity contribution < 1.29 is 14.0 Å². The Hall–Kier alpha value is -1.13. The van der Waals surface area contributed by atoms with E-state index in [2.05, 4.69) is 5.48 Å². The number of ether oxygens (including phenoxy) is 1. The van der Waals surface area contributed by atoms with Crippen molar-refractivity contribution in [2.24, 2.45) is 0 Å². The van der Waals surface area contributed by atoms with Gasteiger partial charge in [0, 0.05) is 5.56 Å². The largest absolute Gasteiger partial charge is 0.496 e. The summed E-state index contributed by atoms with van der Waals surface area (Å²) in [6, 6.07) is 4.46. The number of rotatable bonds is 4. The van der Waals surface area contributed by atoms with Gasteiger partial charge in [0.1, 0.15) is 11.6 Å². The second-order valence-electron chi connectivity index (χ2n) is 2.90. The van der Waals surface area contributed by atoms with Crippen LogP contribution in [0.4, 0.5) is 4.39 Å². The van der Waals surface area contributed by atoms with E-state index in [1.807, 2.05) is 0 Å². The van der Waals surface area contributed by atoms with Crippen LogP contribution in [0.1, 0.15) is 18.5 Å². The van der Waals surface area contributed by atoms with Crippen LogP contribution in [0, 0.1) is 5.82 Å². The molecule has 14 heavy (non-hydrogen) atoms. The zero-order valence-electron chi connectivity index (χ0n) is 8.50. The van der Waals surface area contributed by atoms with Crippen LogP contribution in [-0.4, -0.2) is 14.2 Å². The summed E-state index contributed by atoms with van der Waals surface area (Å²) in [5.41, 5.74) is 3.13. The Morgan fingerprint density at radius 1 is 1.36 bits per heavy atom. The van der Waals surface area contributed by atoms with Crippen LogP contribution in [0.2, 0.25) is 0 Å². The summed E-state index contributed by atoms with van der Waals surface area (Å²) in [6.45, 7) is 1.80. The number of nitrogens with one attached hydrogen (secondary N) is 1. The molecule has 0 fully saturated rings. The Kier molecular flexibility index (Phi) is 3.85. The standard InChI is InChI=1S/C10H14FNO2/c1-7(12-14-3)10-8(11)5-4-6-9(10)13-2/h4-7,12H,1-3H3. The molecular weight excluding hydrogens is 185 g/mol. The molecule has 0 bridgehead atoms. The van der Waals surface area contributed by atoms with E-state index in [0.717, 1.165) is 0 Å². The molecule has 4 heteroatoms. The second-order valence-corrected chi connectivity index (χ2v) is 2.90. The highest BCUT2D eigenvalue weighted by Crippen LogP contribution is 2.27. The van der Waals surface area contributed by atoms with Crippen LogP contribution in [0.3, 0.4) is 0 Å². The molecule has 0 amide bonds. The molecular formula is C10H14FNO2. The Bertz CT molecular complexity index is 304. The van der Waals surface area contributed by atoms with Gasteiger partial charge in [-0.25, -0.2) is 4.39 Å². The molecule has 1 rings (SSSR count). The first-order valence-corrected chi connectivity index (χ1v) is 4.31. The van der Waals surface area contributed by atoms with E-state index >= 15 is 0 Å². The zero-order valence-corrected chi connectivity index (χ0v) is 8.50. The quantitative estimate of drug-likeness (QED) is 0.753. The summed E-state index contributed by atoms with van der Waals surface area (Å²) in [5.74, 6) is 0.212. The van der Waals surface area contributed by atoms with Gasteiger partial charge in [-0.1, -0.05) is 6.07 Å². The van der Waals surface area contributed by atoms with Crippen LogP contribution in [-0.2, 0) is 4.84 Å². The minimum absolute atomic E-state index is 0.254. The van der Waals surface area contributed by atoms with E-state index in [9.17, 15) is 4.39 Å². The van der Waals surface area contributed by atoms with Crippen molar-refractivity contribution in [3.8, 4) is 5.75 Å². The molecule has 0 saturated heterocycles. The van der Waals surface area contributed by atoms with Gasteiger partial charge < -0.3 is 9.57 Å². The molecule has 0 aliphatic rings. The molecule has 0 heterocycles. The first kappa shape index (κ1) is 10.9. The van der Waals surface area contributed by atoms with E-state index in [4.69, 9.17) is 9.57 Å². The predicted molar refractivity (Wildman–Crippen MR) is 51.5 cm³/mol. The smallest absolute Gasteiger partial charge is 0.131 e. The van der Waals surface area contributed by atoms with Gasteiger partial charge in [-0.3, -0.25) is 0 Å². The Labute approximate surface area is 82.8 Å². The van der Waals surface area contributed by atoms with Crippen LogP contribution in [0.15, 0.2) is 18.2 Å². The maximum Gasteiger partial charge on any atom is 0.131 e. The lowest BCUT2D eigenvalue weighted by atomic mass is 10.1. The SMILES string of the molecule is CONC(C)c1c(F)cccc1OC. The second kappa shape index (κ2) is 4.93. The molecule has 0 aliphatic heterocycles. The molecule has 1 aromatic carbocycles. The summed E-state index contributed by atoms with van der Waals surface area (Å²) in [5, 5.41) is 0. The molecule has 1 N–H and O–H groups in total. The summed E-state index contributed by atoms with van der Waals surface area (Å²) >= 11 is 0. The number of hydrogen-bond acceptors (Lipinski definition) is 3. The predicted octanol–water partition coefficient (Wildman–Crippen LogP) is 2.05. The molecule has 1 aromatic rings. The topological polar surface area (TPSA) is 30.5 Å². The fourth-order valence-electron chi connectivity index (χ4n) is 1.35. The van der Waals surface area contributed by atoms with Crippen molar-refractivity contribution in [1.29, 1.82) is 0 Å². The van der Waals surface area contributed by atoms with Crippen LogP contribution < -0.4 is 10.2 Å². The summed E-state index contributed by atoms with van der Waals surface area (Å²) in [4.78, 5) is 4.74. The van der Waals surface area contributed by atoms with Crippen LogP contribution in [0.5, 0.6) is 5.75 Å². The molecule has 0 radical (unpaired) electrons. The number of halogens is 1. The van der Waals surface area contributed by atoms with Gasteiger partial charge in [-0.15, -0.1) is 0 Å². The lowest BCUT2D eigenvalue weighted by molar-refractivity contribution is 0.0641. The molecule has 0 aliphatic carbocycles. The molecule has 3 nitrogen and oxygen atoms in total. The number of methoxy groups -OCH3 is 1. The summed E-state index contributed by atoms with van der Waals surface area (Å²) in [6.07, 6.45) is 0. The third kappa shape index (κ3) is 2.21. The van der Waals surface area contributed by atoms with E-state index in [1.54, 1.807) is 19.1 Å². The minimum atomic E-state index is -0.304. The minimum Gasteiger partial charge on any atom is -0.496 e. The van der Waals surface area contributed by atoms with Gasteiger partial charge in [0.2, 0.25) is 0 Å². The normalized spacial score (nSPS) is 12.6. The fraction of sp³-hybridized carbons (Fsp3) is 0.400.